The molecule has 0 bridgehead atoms. The highest BCUT2D eigenvalue weighted by atomic mass is 16.6. The van der Waals surface area contributed by atoms with Crippen molar-refractivity contribution in [2.24, 2.45) is 0 Å². The van der Waals surface area contributed by atoms with Crippen LogP contribution in [0.1, 0.15) is 19.3 Å². The van der Waals surface area contributed by atoms with Crippen molar-refractivity contribution in [3.63, 3.8) is 0 Å². The van der Waals surface area contributed by atoms with E-state index in [0.29, 0.717) is 12.4 Å². The van der Waals surface area contributed by atoms with Gasteiger partial charge in [0.25, 0.3) is 0 Å². The van der Waals surface area contributed by atoms with Crippen LogP contribution < -0.4 is 10.2 Å². The summed E-state index contributed by atoms with van der Waals surface area (Å²) in [5.41, 5.74) is -0.0305. The molecule has 0 atom stereocenters. The lowest BCUT2D eigenvalue weighted by Gasteiger charge is -2.17. The van der Waals surface area contributed by atoms with E-state index in [1.165, 1.54) is 6.33 Å². The van der Waals surface area contributed by atoms with Gasteiger partial charge >= 0.3 is 5.69 Å². The average Bonchev–Trinajstić information content (AvgIpc) is 3.24. The van der Waals surface area contributed by atoms with Crippen LogP contribution in [0.4, 0.5) is 17.3 Å². The molecule has 1 saturated heterocycles. The zero-order valence-electron chi connectivity index (χ0n) is 12.8. The minimum Gasteiger partial charge on any atom is -0.364 e. The molecule has 0 aliphatic carbocycles. The van der Waals surface area contributed by atoms with E-state index in [1.807, 2.05) is 15.7 Å². The maximum Gasteiger partial charge on any atom is 0.353 e. The molecule has 23 heavy (non-hydrogen) atoms. The van der Waals surface area contributed by atoms with Gasteiger partial charge in [0.15, 0.2) is 0 Å². The number of nitrogens with zero attached hydrogens (tertiary/aromatic N) is 6. The zero-order chi connectivity index (χ0) is 16.1. The molecule has 0 amide bonds. The summed E-state index contributed by atoms with van der Waals surface area (Å²) in [4.78, 5) is 25.2. The first kappa shape index (κ1) is 15.2. The Labute approximate surface area is 133 Å². The van der Waals surface area contributed by atoms with Crippen molar-refractivity contribution in [1.82, 2.24) is 19.5 Å². The van der Waals surface area contributed by atoms with Crippen molar-refractivity contribution in [3.8, 4) is 0 Å². The Morgan fingerprint density at radius 2 is 2.13 bits per heavy atom. The Balaban J connectivity index is 1.68. The highest BCUT2D eigenvalue weighted by molar-refractivity contribution is 5.70. The lowest BCUT2D eigenvalue weighted by Crippen LogP contribution is -2.21. The first-order valence-corrected chi connectivity index (χ1v) is 7.69. The molecule has 1 N–H and O–H groups in total. The largest absolute Gasteiger partial charge is 0.364 e. The summed E-state index contributed by atoms with van der Waals surface area (Å²) in [5, 5.41) is 14.5. The van der Waals surface area contributed by atoms with Crippen LogP contribution in [0.2, 0.25) is 0 Å². The second kappa shape index (κ2) is 7.03. The van der Waals surface area contributed by atoms with Crippen molar-refractivity contribution >= 4 is 17.3 Å². The van der Waals surface area contributed by atoms with Gasteiger partial charge in [-0.25, -0.2) is 15.0 Å². The normalized spacial score (nSPS) is 14.2. The minimum atomic E-state index is -0.397. The molecule has 1 aliphatic rings. The third-order valence-corrected chi connectivity index (χ3v) is 3.84. The van der Waals surface area contributed by atoms with Gasteiger partial charge in [-0.15, -0.1) is 0 Å². The highest BCUT2D eigenvalue weighted by Gasteiger charge is 2.28. The number of rotatable bonds is 7. The Bertz CT molecular complexity index is 653. The van der Waals surface area contributed by atoms with E-state index >= 15 is 0 Å². The summed E-state index contributed by atoms with van der Waals surface area (Å²) in [5.74, 6) is 0.706. The van der Waals surface area contributed by atoms with E-state index in [9.17, 15) is 10.1 Å². The Morgan fingerprint density at radius 3 is 2.83 bits per heavy atom. The van der Waals surface area contributed by atoms with E-state index in [-0.39, 0.29) is 11.5 Å². The molecular formula is C14H19N7O2. The smallest absolute Gasteiger partial charge is 0.353 e. The quantitative estimate of drug-likeness (QED) is 0.471. The fraction of sp³-hybridized carbons (Fsp3) is 0.500. The van der Waals surface area contributed by atoms with Crippen LogP contribution in [0.3, 0.4) is 0 Å². The molecule has 9 nitrogen and oxygen atoms in total. The summed E-state index contributed by atoms with van der Waals surface area (Å²) in [6, 6.07) is 0. The number of aryl methyl sites for hydroxylation is 1. The number of nitro groups is 1. The van der Waals surface area contributed by atoms with Crippen molar-refractivity contribution in [2.45, 2.75) is 25.8 Å². The molecule has 122 valence electrons. The number of hydrogen-bond acceptors (Lipinski definition) is 7. The SMILES string of the molecule is O=[N+]([O-])c1c(NCCCn2ccnc2)ncnc1N1CCCC1. The van der Waals surface area contributed by atoms with Gasteiger partial charge < -0.3 is 14.8 Å². The van der Waals surface area contributed by atoms with Gasteiger partial charge in [-0.2, -0.15) is 0 Å². The van der Waals surface area contributed by atoms with Crippen LogP contribution in [0, 0.1) is 10.1 Å². The predicted molar refractivity (Wildman–Crippen MR) is 85.5 cm³/mol. The molecule has 1 aliphatic heterocycles. The molecule has 0 aromatic carbocycles. The molecule has 0 unspecified atom stereocenters. The number of aromatic nitrogens is 4. The molecular weight excluding hydrogens is 298 g/mol. The fourth-order valence-electron chi connectivity index (χ4n) is 2.71. The Hall–Kier alpha value is -2.71. The molecule has 1 fully saturated rings. The first-order valence-electron chi connectivity index (χ1n) is 7.69. The standard InChI is InChI=1S/C14H19N7O2/c22-21(23)12-13(16-4-3-6-19-9-5-15-11-19)17-10-18-14(12)20-7-1-2-8-20/h5,9-11H,1-4,6-8H2,(H,16,17,18). The van der Waals surface area contributed by atoms with Crippen LogP contribution in [-0.4, -0.2) is 44.1 Å². The van der Waals surface area contributed by atoms with E-state index < -0.39 is 4.92 Å². The van der Waals surface area contributed by atoms with Crippen molar-refractivity contribution in [1.29, 1.82) is 0 Å². The van der Waals surface area contributed by atoms with Gasteiger partial charge in [-0.1, -0.05) is 0 Å². The van der Waals surface area contributed by atoms with Crippen molar-refractivity contribution in [3.05, 3.63) is 35.2 Å². The summed E-state index contributed by atoms with van der Waals surface area (Å²) in [7, 11) is 0. The number of anilines is 2. The average molecular weight is 317 g/mol. The maximum atomic E-state index is 11.5. The molecule has 9 heteroatoms. The molecule has 2 aromatic heterocycles. The van der Waals surface area contributed by atoms with E-state index in [1.54, 1.807) is 12.5 Å². The van der Waals surface area contributed by atoms with Gasteiger partial charge in [0.1, 0.15) is 6.33 Å². The predicted octanol–water partition coefficient (Wildman–Crippen LogP) is 1.68. The van der Waals surface area contributed by atoms with E-state index in [2.05, 4.69) is 20.3 Å². The van der Waals surface area contributed by atoms with Crippen LogP contribution in [0.25, 0.3) is 0 Å². The summed E-state index contributed by atoms with van der Waals surface area (Å²) >= 11 is 0. The van der Waals surface area contributed by atoms with Crippen LogP contribution in [0.5, 0.6) is 0 Å². The van der Waals surface area contributed by atoms with Crippen molar-refractivity contribution < 1.29 is 4.92 Å². The third kappa shape index (κ3) is 3.55. The molecule has 2 aromatic rings. The summed E-state index contributed by atoms with van der Waals surface area (Å²) < 4.78 is 1.96. The fourth-order valence-corrected chi connectivity index (χ4v) is 2.71. The first-order chi connectivity index (χ1) is 11.3. The maximum absolute atomic E-state index is 11.5. The van der Waals surface area contributed by atoms with Crippen LogP contribution in [-0.2, 0) is 6.54 Å². The Morgan fingerprint density at radius 1 is 1.30 bits per heavy atom. The van der Waals surface area contributed by atoms with Gasteiger partial charge in [0, 0.05) is 38.6 Å². The van der Waals surface area contributed by atoms with Crippen molar-refractivity contribution in [2.75, 3.05) is 29.9 Å². The molecule has 3 rings (SSSR count). The lowest BCUT2D eigenvalue weighted by molar-refractivity contribution is -0.383. The van der Waals surface area contributed by atoms with Crippen LogP contribution in [0.15, 0.2) is 25.0 Å². The van der Waals surface area contributed by atoms with Gasteiger partial charge in [-0.05, 0) is 19.3 Å². The minimum absolute atomic E-state index is 0.0305. The van der Waals surface area contributed by atoms with E-state index in [4.69, 9.17) is 0 Å². The third-order valence-electron chi connectivity index (χ3n) is 3.84. The number of hydrogen-bond donors (Lipinski definition) is 1. The zero-order valence-corrected chi connectivity index (χ0v) is 12.8. The van der Waals surface area contributed by atoms with Gasteiger partial charge in [0.2, 0.25) is 11.6 Å². The molecule has 0 saturated carbocycles. The topological polar surface area (TPSA) is 102 Å². The summed E-state index contributed by atoms with van der Waals surface area (Å²) in [6.45, 7) is 3.00. The molecule has 0 spiro atoms. The second-order valence-electron chi connectivity index (χ2n) is 5.43. The molecule has 0 radical (unpaired) electrons. The number of nitrogens with one attached hydrogen (secondary N) is 1. The van der Waals surface area contributed by atoms with Gasteiger partial charge in [0.05, 0.1) is 11.3 Å². The van der Waals surface area contributed by atoms with E-state index in [0.717, 1.165) is 38.9 Å². The summed E-state index contributed by atoms with van der Waals surface area (Å²) in [6.07, 6.45) is 9.64. The Kier molecular flexibility index (Phi) is 4.65. The number of imidazole rings is 1. The monoisotopic (exact) mass is 317 g/mol. The van der Waals surface area contributed by atoms with Crippen LogP contribution >= 0.6 is 0 Å². The molecule has 3 heterocycles. The highest BCUT2D eigenvalue weighted by Crippen LogP contribution is 2.33. The van der Waals surface area contributed by atoms with Gasteiger partial charge in [-0.3, -0.25) is 10.1 Å². The lowest BCUT2D eigenvalue weighted by atomic mass is 10.3. The second-order valence-corrected chi connectivity index (χ2v) is 5.43.